The van der Waals surface area contributed by atoms with Crippen LogP contribution in [0, 0.1) is 0 Å². The van der Waals surface area contributed by atoms with Gasteiger partial charge >= 0.3 is 20.5 Å². The Labute approximate surface area is 162 Å². The molecule has 0 aliphatic rings. The topological polar surface area (TPSA) is 97.4 Å². The molecule has 156 valence electrons. The van der Waals surface area contributed by atoms with Gasteiger partial charge in [0.25, 0.3) is 0 Å². The molecule has 0 heterocycles. The zero-order valence-electron chi connectivity index (χ0n) is 17.0. The van der Waals surface area contributed by atoms with E-state index in [0.29, 0.717) is 6.61 Å². The summed E-state index contributed by atoms with van der Waals surface area (Å²) in [6.45, 7) is 8.75. The van der Waals surface area contributed by atoms with E-state index in [1.807, 2.05) is 6.55 Å². The number of hydrogen-bond donors (Lipinski definition) is 0. The number of carbonyl (C=O) groups excluding carboxylic acids is 3. The summed E-state index contributed by atoms with van der Waals surface area (Å²) >= 11 is 0. The number of hydrogen-bond acceptors (Lipinski definition) is 8. The standard InChI is InChI=1S/C18H32O8Si/c1-14(2)18(21)25-13-16(26-17(20)9-8-15(3)19)12-24-10-7-11-27(6,22-4)23-5/h16H,1,7-13H2,2-6H3. The zero-order valence-corrected chi connectivity index (χ0v) is 18.0. The summed E-state index contributed by atoms with van der Waals surface area (Å²) in [5.41, 5.74) is 0.251. The molecule has 0 N–H and O–H groups in total. The lowest BCUT2D eigenvalue weighted by Crippen LogP contribution is -2.36. The lowest BCUT2D eigenvalue weighted by molar-refractivity contribution is -0.161. The maximum absolute atomic E-state index is 11.8. The van der Waals surface area contributed by atoms with Crippen LogP contribution in [0.4, 0.5) is 0 Å². The highest BCUT2D eigenvalue weighted by Gasteiger charge is 2.27. The molecule has 0 aromatic heterocycles. The quantitative estimate of drug-likeness (QED) is 0.177. The number of esters is 2. The Balaban J connectivity index is 4.43. The van der Waals surface area contributed by atoms with Crippen LogP contribution in [0.1, 0.15) is 33.1 Å². The highest BCUT2D eigenvalue weighted by Crippen LogP contribution is 2.13. The molecule has 0 aromatic rings. The van der Waals surface area contributed by atoms with Crippen molar-refractivity contribution in [2.75, 3.05) is 34.0 Å². The van der Waals surface area contributed by atoms with Crippen molar-refractivity contribution >= 4 is 26.3 Å². The Morgan fingerprint density at radius 1 is 1.04 bits per heavy atom. The molecule has 0 aliphatic carbocycles. The second-order valence-electron chi connectivity index (χ2n) is 6.41. The maximum Gasteiger partial charge on any atom is 0.334 e. The minimum absolute atomic E-state index is 0.0219. The molecule has 0 rings (SSSR count). The van der Waals surface area contributed by atoms with E-state index < -0.39 is 26.6 Å². The lowest BCUT2D eigenvalue weighted by atomic mass is 10.2. The molecule has 0 saturated heterocycles. The largest absolute Gasteiger partial charge is 0.458 e. The molecule has 1 unspecified atom stereocenters. The van der Waals surface area contributed by atoms with E-state index in [1.165, 1.54) is 13.8 Å². The fraction of sp³-hybridized carbons (Fsp3) is 0.722. The minimum Gasteiger partial charge on any atom is -0.458 e. The zero-order chi connectivity index (χ0) is 20.9. The van der Waals surface area contributed by atoms with Gasteiger partial charge in [0.2, 0.25) is 0 Å². The Bertz CT molecular complexity index is 502. The van der Waals surface area contributed by atoms with Crippen LogP contribution in [0.25, 0.3) is 0 Å². The van der Waals surface area contributed by atoms with Crippen molar-refractivity contribution < 1.29 is 37.4 Å². The van der Waals surface area contributed by atoms with Crippen molar-refractivity contribution in [1.82, 2.24) is 0 Å². The normalized spacial score (nSPS) is 12.3. The second kappa shape index (κ2) is 13.6. The molecular weight excluding hydrogens is 372 g/mol. The van der Waals surface area contributed by atoms with E-state index >= 15 is 0 Å². The molecule has 0 aliphatic heterocycles. The smallest absolute Gasteiger partial charge is 0.334 e. The predicted molar refractivity (Wildman–Crippen MR) is 101 cm³/mol. The summed E-state index contributed by atoms with van der Waals surface area (Å²) in [4.78, 5) is 34.3. The molecule has 27 heavy (non-hydrogen) atoms. The van der Waals surface area contributed by atoms with Gasteiger partial charge in [0, 0.05) is 32.8 Å². The van der Waals surface area contributed by atoms with Crippen LogP contribution in [-0.4, -0.2) is 66.4 Å². The van der Waals surface area contributed by atoms with Crippen molar-refractivity contribution in [3.05, 3.63) is 12.2 Å². The van der Waals surface area contributed by atoms with E-state index in [1.54, 1.807) is 14.2 Å². The first kappa shape index (κ1) is 25.4. The summed E-state index contributed by atoms with van der Waals surface area (Å²) in [6.07, 6.45) is 0.0588. The molecule has 8 nitrogen and oxygen atoms in total. The summed E-state index contributed by atoms with van der Waals surface area (Å²) in [6, 6.07) is 0.758. The summed E-state index contributed by atoms with van der Waals surface area (Å²) in [5.74, 6) is -1.21. The molecule has 0 radical (unpaired) electrons. The number of ether oxygens (including phenoxy) is 3. The fourth-order valence-electron chi connectivity index (χ4n) is 1.93. The lowest BCUT2D eigenvalue weighted by Gasteiger charge is -2.23. The number of ketones is 1. The molecule has 0 fully saturated rings. The monoisotopic (exact) mass is 404 g/mol. The maximum atomic E-state index is 11.8. The average Bonchev–Trinajstić information content (AvgIpc) is 2.63. The van der Waals surface area contributed by atoms with E-state index in [-0.39, 0.29) is 37.4 Å². The van der Waals surface area contributed by atoms with E-state index in [9.17, 15) is 14.4 Å². The van der Waals surface area contributed by atoms with Crippen molar-refractivity contribution in [3.63, 3.8) is 0 Å². The molecule has 9 heteroatoms. The van der Waals surface area contributed by atoms with Crippen LogP contribution in [0.3, 0.4) is 0 Å². The van der Waals surface area contributed by atoms with Crippen LogP contribution in [-0.2, 0) is 37.4 Å². The Kier molecular flexibility index (Phi) is 12.8. The third-order valence-electron chi connectivity index (χ3n) is 3.81. The van der Waals surface area contributed by atoms with Crippen LogP contribution in [0.2, 0.25) is 12.6 Å². The van der Waals surface area contributed by atoms with E-state index in [4.69, 9.17) is 23.1 Å². The first-order chi connectivity index (χ1) is 12.6. The third kappa shape index (κ3) is 12.5. The van der Waals surface area contributed by atoms with Crippen molar-refractivity contribution in [2.24, 2.45) is 0 Å². The average molecular weight is 405 g/mol. The molecule has 0 aromatic carbocycles. The first-order valence-electron chi connectivity index (χ1n) is 8.83. The summed E-state index contributed by atoms with van der Waals surface area (Å²) < 4.78 is 26.7. The van der Waals surface area contributed by atoms with Gasteiger partial charge in [0.1, 0.15) is 12.4 Å². The number of carbonyl (C=O) groups is 3. The Morgan fingerprint density at radius 2 is 1.67 bits per heavy atom. The first-order valence-corrected chi connectivity index (χ1v) is 11.4. The predicted octanol–water partition coefficient (Wildman–Crippen LogP) is 2.16. The van der Waals surface area contributed by atoms with Crippen molar-refractivity contribution in [3.8, 4) is 0 Å². The van der Waals surface area contributed by atoms with Gasteiger partial charge in [-0.2, -0.15) is 0 Å². The van der Waals surface area contributed by atoms with Crippen LogP contribution >= 0.6 is 0 Å². The molecule has 0 spiro atoms. The van der Waals surface area contributed by atoms with Gasteiger partial charge in [-0.15, -0.1) is 0 Å². The number of Topliss-reactive ketones (excluding diaryl/α,β-unsaturated/α-hetero) is 1. The molecule has 1 atom stereocenters. The molecule has 0 bridgehead atoms. The van der Waals surface area contributed by atoms with Gasteiger partial charge in [0.15, 0.2) is 6.10 Å². The highest BCUT2D eigenvalue weighted by atomic mass is 28.4. The Morgan fingerprint density at radius 3 is 2.19 bits per heavy atom. The minimum atomic E-state index is -2.14. The summed E-state index contributed by atoms with van der Waals surface area (Å²) in [7, 11) is 1.11. The van der Waals surface area contributed by atoms with Gasteiger partial charge in [-0.25, -0.2) is 4.79 Å². The molecular formula is C18H32O8Si. The van der Waals surface area contributed by atoms with Crippen LogP contribution < -0.4 is 0 Å². The van der Waals surface area contributed by atoms with E-state index in [2.05, 4.69) is 6.58 Å². The fourth-order valence-corrected chi connectivity index (χ4v) is 3.29. The van der Waals surface area contributed by atoms with Crippen LogP contribution in [0.15, 0.2) is 12.2 Å². The third-order valence-corrected chi connectivity index (χ3v) is 6.80. The van der Waals surface area contributed by atoms with Crippen molar-refractivity contribution in [1.29, 1.82) is 0 Å². The van der Waals surface area contributed by atoms with Gasteiger partial charge in [-0.3, -0.25) is 4.79 Å². The summed E-state index contributed by atoms with van der Waals surface area (Å²) in [5, 5.41) is 0. The molecule has 0 saturated carbocycles. The van der Waals surface area contributed by atoms with Gasteiger partial charge < -0.3 is 27.9 Å². The van der Waals surface area contributed by atoms with Crippen molar-refractivity contribution in [2.45, 2.75) is 51.8 Å². The SMILES string of the molecule is C=C(C)C(=O)OCC(COCCC[Si](C)(OC)OC)OC(=O)CCC(C)=O. The van der Waals surface area contributed by atoms with Gasteiger partial charge in [-0.05, 0) is 32.9 Å². The van der Waals surface area contributed by atoms with Gasteiger partial charge in [-0.1, -0.05) is 6.58 Å². The van der Waals surface area contributed by atoms with E-state index in [0.717, 1.165) is 12.5 Å². The second-order valence-corrected chi connectivity index (χ2v) is 10.00. The Hall–Kier alpha value is -1.55. The van der Waals surface area contributed by atoms with Crippen LogP contribution in [0.5, 0.6) is 0 Å². The highest BCUT2D eigenvalue weighted by molar-refractivity contribution is 6.65. The number of rotatable bonds is 15. The van der Waals surface area contributed by atoms with Gasteiger partial charge in [0.05, 0.1) is 13.0 Å². The molecule has 0 amide bonds.